The third kappa shape index (κ3) is 9.84. The second kappa shape index (κ2) is 17.1. The maximum atomic E-state index is 14.7. The standard InChI is InChI=1S/C39H52IN5O8S/c1-4-30(40)33(35(47)44-54(50,51)28-15-16-28)42-34(46)31-21-27-22-45(31)37(48)32(26-11-7-8-12-26)43-38(49)52-23-39(2,3)18-9-5-6-10-24-13-14-25-17-19-41-36(53-27)29(25)20-24/h4,13-14,17,19-20,26-28,30-33H,1,5-12,15-16,18,21-23H2,2-3H3,(H,42,46)(H,43,49)(H,44,47)/t27-,30+,31+,32+,33?/m1/s1. The largest absolute Gasteiger partial charge is 0.472 e. The van der Waals surface area contributed by atoms with Gasteiger partial charge in [0.05, 0.1) is 22.3 Å². The predicted molar refractivity (Wildman–Crippen MR) is 212 cm³/mol. The molecule has 6 rings (SSSR count). The number of aromatic nitrogens is 1. The van der Waals surface area contributed by atoms with Gasteiger partial charge in [-0.05, 0) is 79.4 Å². The van der Waals surface area contributed by atoms with Gasteiger partial charge in [-0.15, -0.1) is 6.58 Å². The second-order valence-electron chi connectivity index (χ2n) is 16.0. The van der Waals surface area contributed by atoms with E-state index < -0.39 is 67.2 Å². The monoisotopic (exact) mass is 877 g/mol. The van der Waals surface area contributed by atoms with Crippen LogP contribution in [-0.2, 0) is 35.6 Å². The highest BCUT2D eigenvalue weighted by molar-refractivity contribution is 14.1. The fraction of sp³-hybridized carbons (Fsp3) is 0.615. The van der Waals surface area contributed by atoms with Gasteiger partial charge in [0.2, 0.25) is 27.7 Å². The first-order valence-electron chi connectivity index (χ1n) is 19.2. The number of nitrogens with zero attached hydrogens (tertiary/aromatic N) is 2. The lowest BCUT2D eigenvalue weighted by Crippen LogP contribution is -2.59. The number of benzene rings is 1. The number of carbonyl (C=O) groups excluding carboxylic acids is 4. The van der Waals surface area contributed by atoms with Crippen LogP contribution in [0.4, 0.5) is 4.79 Å². The number of sulfonamides is 1. The van der Waals surface area contributed by atoms with E-state index in [2.05, 4.69) is 59.0 Å². The molecule has 0 spiro atoms. The second-order valence-corrected chi connectivity index (χ2v) is 19.4. The zero-order valence-corrected chi connectivity index (χ0v) is 34.0. The Kier molecular flexibility index (Phi) is 12.7. The average molecular weight is 878 g/mol. The van der Waals surface area contributed by atoms with E-state index in [9.17, 15) is 27.6 Å². The van der Waals surface area contributed by atoms with Crippen molar-refractivity contribution < 1.29 is 37.1 Å². The molecule has 1 aromatic carbocycles. The number of rotatable bonds is 8. The number of pyridine rings is 1. The lowest BCUT2D eigenvalue weighted by molar-refractivity contribution is -0.141. The summed E-state index contributed by atoms with van der Waals surface area (Å²) in [7, 11) is -3.90. The smallest absolute Gasteiger partial charge is 0.407 e. The SMILES string of the molecule is C=C[C@H](I)C(NC(=O)[C@@H]1C[C@@H]2CN1C(=O)[C@H](C1CCCC1)NC(=O)OCC(C)(C)CCCCCc1ccc3ccnc(c3c1)O2)C(=O)NS(=O)(=O)C1CC1. The van der Waals surface area contributed by atoms with Crippen LogP contribution in [0, 0.1) is 11.3 Å². The van der Waals surface area contributed by atoms with Crippen LogP contribution >= 0.6 is 22.6 Å². The Labute approximate surface area is 331 Å². The first-order chi connectivity index (χ1) is 25.7. The molecule has 15 heteroatoms. The van der Waals surface area contributed by atoms with Crippen LogP contribution in [-0.4, -0.2) is 88.7 Å². The van der Waals surface area contributed by atoms with Crippen LogP contribution in [0.5, 0.6) is 5.88 Å². The Hall–Kier alpha value is -3.47. The summed E-state index contributed by atoms with van der Waals surface area (Å²) in [6, 6.07) is 4.83. The number of carbonyl (C=O) groups is 4. The molecule has 3 heterocycles. The molecule has 1 aromatic heterocycles. The number of alkyl carbamates (subject to hydrolysis) is 1. The molecule has 0 radical (unpaired) electrons. The fourth-order valence-electron chi connectivity index (χ4n) is 7.77. The van der Waals surface area contributed by atoms with Crippen LogP contribution in [0.2, 0.25) is 0 Å². The molecule has 54 heavy (non-hydrogen) atoms. The lowest BCUT2D eigenvalue weighted by atomic mass is 9.87. The highest BCUT2D eigenvalue weighted by Gasteiger charge is 2.47. The summed E-state index contributed by atoms with van der Waals surface area (Å²) in [5.41, 5.74) is 0.887. The predicted octanol–water partition coefficient (Wildman–Crippen LogP) is 5.09. The van der Waals surface area contributed by atoms with E-state index in [1.807, 2.05) is 28.7 Å². The minimum Gasteiger partial charge on any atom is -0.472 e. The summed E-state index contributed by atoms with van der Waals surface area (Å²) in [5, 5.41) is 6.76. The zero-order chi connectivity index (χ0) is 38.6. The first-order valence-corrected chi connectivity index (χ1v) is 21.9. The molecule has 2 aliphatic carbocycles. The maximum absolute atomic E-state index is 14.7. The zero-order valence-electron chi connectivity index (χ0n) is 31.1. The van der Waals surface area contributed by atoms with Crippen molar-refractivity contribution in [2.75, 3.05) is 13.2 Å². The molecule has 4 bridgehead atoms. The van der Waals surface area contributed by atoms with Gasteiger partial charge in [-0.25, -0.2) is 18.2 Å². The maximum Gasteiger partial charge on any atom is 0.407 e. The van der Waals surface area contributed by atoms with Crippen LogP contribution in [0.1, 0.15) is 90.0 Å². The van der Waals surface area contributed by atoms with Gasteiger partial charge in [0.15, 0.2) is 0 Å². The highest BCUT2D eigenvalue weighted by Crippen LogP contribution is 2.34. The lowest BCUT2D eigenvalue weighted by Gasteiger charge is -2.32. The summed E-state index contributed by atoms with van der Waals surface area (Å²) < 4.78 is 39.1. The average Bonchev–Trinajstić information content (AvgIpc) is 3.72. The normalized spacial score (nSPS) is 25.5. The van der Waals surface area contributed by atoms with Gasteiger partial charge in [0.1, 0.15) is 24.2 Å². The molecule has 1 unspecified atom stereocenters. The summed E-state index contributed by atoms with van der Waals surface area (Å²) in [5.74, 6) is -1.75. The molecule has 13 nitrogen and oxygen atoms in total. The van der Waals surface area contributed by atoms with Crippen molar-refractivity contribution in [3.8, 4) is 5.88 Å². The molecule has 1 saturated heterocycles. The summed E-state index contributed by atoms with van der Waals surface area (Å²) in [6.45, 7) is 8.10. The minimum absolute atomic E-state index is 0.0176. The highest BCUT2D eigenvalue weighted by atomic mass is 127. The van der Waals surface area contributed by atoms with Crippen LogP contribution in [0.15, 0.2) is 43.1 Å². The van der Waals surface area contributed by atoms with Gasteiger partial charge in [0.25, 0.3) is 5.91 Å². The van der Waals surface area contributed by atoms with Gasteiger partial charge in [-0.3, -0.25) is 19.1 Å². The number of amides is 4. The Balaban J connectivity index is 1.33. The molecular weight excluding hydrogens is 825 g/mol. The van der Waals surface area contributed by atoms with Gasteiger partial charge in [0, 0.05) is 18.0 Å². The molecule has 294 valence electrons. The molecule has 4 amide bonds. The number of aryl methyl sites for hydroxylation is 1. The van der Waals surface area contributed by atoms with E-state index in [1.165, 1.54) is 11.0 Å². The number of cyclic esters (lactones) is 1. The van der Waals surface area contributed by atoms with Crippen molar-refractivity contribution in [1.29, 1.82) is 0 Å². The van der Waals surface area contributed by atoms with Crippen LogP contribution < -0.4 is 20.1 Å². The van der Waals surface area contributed by atoms with Crippen molar-refractivity contribution >= 4 is 67.2 Å². The first kappa shape index (κ1) is 40.2. The van der Waals surface area contributed by atoms with Crippen LogP contribution in [0.3, 0.4) is 0 Å². The van der Waals surface area contributed by atoms with Gasteiger partial charge in [-0.2, -0.15) is 0 Å². The Morgan fingerprint density at radius 2 is 1.85 bits per heavy atom. The van der Waals surface area contributed by atoms with E-state index in [0.717, 1.165) is 74.1 Å². The van der Waals surface area contributed by atoms with E-state index in [0.29, 0.717) is 18.7 Å². The number of alkyl halides is 1. The molecule has 2 saturated carbocycles. The number of ether oxygens (including phenoxy) is 2. The molecule has 2 aromatic rings. The number of hydrogen-bond donors (Lipinski definition) is 3. The Morgan fingerprint density at radius 3 is 2.57 bits per heavy atom. The van der Waals surface area contributed by atoms with Crippen LogP contribution in [0.25, 0.3) is 10.8 Å². The molecule has 4 aliphatic rings. The Morgan fingerprint density at radius 1 is 1.09 bits per heavy atom. The number of halogens is 1. The van der Waals surface area contributed by atoms with E-state index in [4.69, 9.17) is 9.47 Å². The number of fused-ring (bicyclic) bond motifs is 3. The molecule has 5 atom stereocenters. The summed E-state index contributed by atoms with van der Waals surface area (Å²) in [4.78, 5) is 61.7. The molecule has 3 N–H and O–H groups in total. The number of nitrogens with one attached hydrogen (secondary N) is 3. The third-order valence-corrected chi connectivity index (χ3v) is 14.1. The molecule has 2 aliphatic heterocycles. The topological polar surface area (TPSA) is 173 Å². The quantitative estimate of drug-likeness (QED) is 0.186. The van der Waals surface area contributed by atoms with Gasteiger partial charge in [-0.1, -0.05) is 80.3 Å². The fourth-order valence-corrected chi connectivity index (χ4v) is 9.61. The third-order valence-electron chi connectivity index (χ3n) is 11.1. The number of hydrogen-bond acceptors (Lipinski definition) is 9. The minimum atomic E-state index is -3.90. The van der Waals surface area contributed by atoms with Crippen molar-refractivity contribution in [1.82, 2.24) is 25.2 Å². The van der Waals surface area contributed by atoms with E-state index in [-0.39, 0.29) is 30.9 Å². The molecular formula is C39H52IN5O8S. The Bertz CT molecular complexity index is 1850. The summed E-state index contributed by atoms with van der Waals surface area (Å²) in [6.07, 6.45) is 10.8. The molecule has 3 fully saturated rings. The van der Waals surface area contributed by atoms with Gasteiger partial charge >= 0.3 is 6.09 Å². The van der Waals surface area contributed by atoms with E-state index >= 15 is 0 Å². The van der Waals surface area contributed by atoms with Crippen molar-refractivity contribution in [3.05, 3.63) is 48.7 Å². The van der Waals surface area contributed by atoms with Crippen molar-refractivity contribution in [2.45, 2.75) is 124 Å². The van der Waals surface area contributed by atoms with Crippen molar-refractivity contribution in [2.24, 2.45) is 11.3 Å². The van der Waals surface area contributed by atoms with Gasteiger partial charge < -0.3 is 25.0 Å². The van der Waals surface area contributed by atoms with Crippen molar-refractivity contribution in [3.63, 3.8) is 0 Å². The van der Waals surface area contributed by atoms with E-state index in [1.54, 1.807) is 6.20 Å². The summed E-state index contributed by atoms with van der Waals surface area (Å²) >= 11 is 1.92.